The lowest BCUT2D eigenvalue weighted by Gasteiger charge is -2.41. The molecule has 0 saturated heterocycles. The number of carboxylic acid groups (broad SMARTS) is 1. The lowest BCUT2D eigenvalue weighted by molar-refractivity contribution is -0.141. The van der Waals surface area contributed by atoms with Crippen molar-refractivity contribution in [3.8, 4) is 11.1 Å². The van der Waals surface area contributed by atoms with Crippen LogP contribution in [0.2, 0.25) is 0 Å². The first-order valence-electron chi connectivity index (χ1n) is 12.4. The minimum atomic E-state index is -0.783. The van der Waals surface area contributed by atoms with Gasteiger partial charge in [-0.05, 0) is 67.2 Å². The second kappa shape index (κ2) is 9.02. The van der Waals surface area contributed by atoms with Crippen molar-refractivity contribution < 1.29 is 24.2 Å². The number of alkyl carbamates (subject to hydrolysis) is 1. The smallest absolute Gasteiger partial charge is 0.407 e. The molecule has 35 heavy (non-hydrogen) atoms. The number of hydrogen-bond donors (Lipinski definition) is 3. The van der Waals surface area contributed by atoms with Crippen LogP contribution in [0.1, 0.15) is 56.6 Å². The van der Waals surface area contributed by atoms with Crippen LogP contribution in [0.3, 0.4) is 0 Å². The van der Waals surface area contributed by atoms with E-state index in [9.17, 15) is 19.5 Å². The monoisotopic (exact) mass is 476 g/mol. The Morgan fingerprint density at radius 2 is 1.60 bits per heavy atom. The summed E-state index contributed by atoms with van der Waals surface area (Å²) >= 11 is 0. The fourth-order valence-electron chi connectivity index (χ4n) is 6.21. The third-order valence-electron chi connectivity index (χ3n) is 7.91. The van der Waals surface area contributed by atoms with Gasteiger partial charge in [-0.3, -0.25) is 9.59 Å². The summed E-state index contributed by atoms with van der Waals surface area (Å²) in [6.45, 7) is 3.82. The van der Waals surface area contributed by atoms with Crippen molar-refractivity contribution in [2.45, 2.75) is 57.0 Å². The number of aliphatic carboxylic acids is 1. The topological polar surface area (TPSA) is 105 Å². The summed E-state index contributed by atoms with van der Waals surface area (Å²) in [5, 5.41) is 15.1. The third-order valence-corrected chi connectivity index (χ3v) is 7.91. The van der Waals surface area contributed by atoms with Gasteiger partial charge in [0.2, 0.25) is 5.91 Å². The van der Waals surface area contributed by atoms with Crippen molar-refractivity contribution in [1.29, 1.82) is 0 Å². The van der Waals surface area contributed by atoms with E-state index in [2.05, 4.69) is 34.9 Å². The lowest BCUT2D eigenvalue weighted by atomic mass is 9.71. The zero-order valence-electron chi connectivity index (χ0n) is 20.1. The number of rotatable bonds is 7. The van der Waals surface area contributed by atoms with E-state index >= 15 is 0 Å². The fourth-order valence-corrected chi connectivity index (χ4v) is 6.21. The molecule has 2 saturated carbocycles. The number of nitrogens with one attached hydrogen (secondary N) is 2. The second-order valence-corrected chi connectivity index (χ2v) is 10.9. The molecule has 0 aliphatic heterocycles. The standard InChI is InChI=1S/C28H32N2O5/c1-28(2,14-25(31)29-24-13-16-11-17(26(32)33)12-22(16)24)30-27(34)35-15-23-20-9-5-3-7-18(20)19-8-4-6-10-21(19)23/h3-10,16-17,22-24H,11-15H2,1-2H3,(H,29,31)(H,30,34)(H,32,33). The van der Waals surface area contributed by atoms with Gasteiger partial charge in [-0.15, -0.1) is 0 Å². The highest BCUT2D eigenvalue weighted by molar-refractivity contribution is 5.80. The van der Waals surface area contributed by atoms with Crippen LogP contribution in [0.25, 0.3) is 11.1 Å². The first-order chi connectivity index (χ1) is 16.7. The van der Waals surface area contributed by atoms with Crippen molar-refractivity contribution in [3.05, 3.63) is 59.7 Å². The van der Waals surface area contributed by atoms with Gasteiger partial charge in [0.05, 0.1) is 5.92 Å². The Morgan fingerprint density at radius 1 is 0.971 bits per heavy atom. The van der Waals surface area contributed by atoms with Gasteiger partial charge in [0.15, 0.2) is 0 Å². The largest absolute Gasteiger partial charge is 0.481 e. The van der Waals surface area contributed by atoms with E-state index in [1.165, 1.54) is 11.1 Å². The van der Waals surface area contributed by atoms with Crippen LogP contribution in [-0.2, 0) is 14.3 Å². The van der Waals surface area contributed by atoms with Gasteiger partial charge in [0.1, 0.15) is 6.61 Å². The number of benzene rings is 2. The lowest BCUT2D eigenvalue weighted by Crippen LogP contribution is -2.53. The van der Waals surface area contributed by atoms with E-state index in [-0.39, 0.29) is 42.7 Å². The number of carboxylic acids is 1. The number of amides is 2. The maximum absolute atomic E-state index is 12.7. The zero-order valence-corrected chi connectivity index (χ0v) is 20.1. The van der Waals surface area contributed by atoms with Crippen LogP contribution >= 0.6 is 0 Å². The molecule has 3 aliphatic rings. The Bertz CT molecular complexity index is 1110. The van der Waals surface area contributed by atoms with Crippen LogP contribution in [0.5, 0.6) is 0 Å². The summed E-state index contributed by atoms with van der Waals surface area (Å²) < 4.78 is 5.62. The van der Waals surface area contributed by atoms with Crippen LogP contribution in [0.15, 0.2) is 48.5 Å². The van der Waals surface area contributed by atoms with Crippen molar-refractivity contribution in [2.75, 3.05) is 6.61 Å². The van der Waals surface area contributed by atoms with Crippen LogP contribution in [-0.4, -0.2) is 41.3 Å². The molecule has 3 N–H and O–H groups in total. The van der Waals surface area contributed by atoms with E-state index in [1.807, 2.05) is 24.3 Å². The van der Waals surface area contributed by atoms with Gasteiger partial charge < -0.3 is 20.5 Å². The third kappa shape index (κ3) is 4.64. The molecule has 0 heterocycles. The highest BCUT2D eigenvalue weighted by Gasteiger charge is 2.50. The maximum atomic E-state index is 12.7. The summed E-state index contributed by atoms with van der Waals surface area (Å²) in [4.78, 5) is 36.6. The summed E-state index contributed by atoms with van der Waals surface area (Å²) in [5.74, 6) is -0.550. The predicted molar refractivity (Wildman–Crippen MR) is 131 cm³/mol. The van der Waals surface area contributed by atoms with E-state index in [0.29, 0.717) is 18.8 Å². The Kier molecular flexibility index (Phi) is 6.03. The molecule has 0 bridgehead atoms. The van der Waals surface area contributed by atoms with Crippen LogP contribution in [0, 0.1) is 17.8 Å². The summed E-state index contributed by atoms with van der Waals surface area (Å²) in [6, 6.07) is 16.4. The Morgan fingerprint density at radius 3 is 2.23 bits per heavy atom. The minimum absolute atomic E-state index is 0.0211. The molecule has 5 rings (SSSR count). The van der Waals surface area contributed by atoms with Crippen molar-refractivity contribution >= 4 is 18.0 Å². The van der Waals surface area contributed by atoms with Crippen molar-refractivity contribution in [3.63, 3.8) is 0 Å². The van der Waals surface area contributed by atoms with Gasteiger partial charge in [0.25, 0.3) is 0 Å². The van der Waals surface area contributed by atoms with E-state index in [4.69, 9.17) is 4.74 Å². The summed E-state index contributed by atoms with van der Waals surface area (Å²) in [7, 11) is 0. The SMILES string of the molecule is CC(C)(CC(=O)NC1CC2CC(C(=O)O)CC21)NC(=O)OCC1c2ccccc2-c2ccccc21. The Hall–Kier alpha value is -3.35. The minimum Gasteiger partial charge on any atom is -0.481 e. The normalized spacial score (nSPS) is 24.5. The molecule has 0 aromatic heterocycles. The average molecular weight is 477 g/mol. The van der Waals surface area contributed by atoms with Gasteiger partial charge >= 0.3 is 12.1 Å². The molecule has 2 aromatic rings. The first kappa shape index (κ1) is 23.4. The maximum Gasteiger partial charge on any atom is 0.407 e. The molecule has 7 nitrogen and oxygen atoms in total. The van der Waals surface area contributed by atoms with Crippen LogP contribution < -0.4 is 10.6 Å². The fraction of sp³-hybridized carbons (Fsp3) is 0.464. The zero-order chi connectivity index (χ0) is 24.7. The molecule has 0 spiro atoms. The average Bonchev–Trinajstić information content (AvgIpc) is 3.31. The number of ether oxygens (including phenoxy) is 1. The molecule has 184 valence electrons. The second-order valence-electron chi connectivity index (χ2n) is 10.9. The van der Waals surface area contributed by atoms with Gasteiger partial charge in [-0.25, -0.2) is 4.79 Å². The molecule has 2 amide bonds. The molecule has 7 heteroatoms. The molecule has 4 atom stereocenters. The van der Waals surface area contributed by atoms with Gasteiger partial charge in [0, 0.05) is 23.9 Å². The molecular weight excluding hydrogens is 444 g/mol. The highest BCUT2D eigenvalue weighted by Crippen LogP contribution is 2.50. The van der Waals surface area contributed by atoms with E-state index in [1.54, 1.807) is 13.8 Å². The quantitative estimate of drug-likeness (QED) is 0.552. The number of fused-ring (bicyclic) bond motifs is 4. The Balaban J connectivity index is 1.12. The summed E-state index contributed by atoms with van der Waals surface area (Å²) in [6.07, 6.45) is 1.75. The number of hydrogen-bond acceptors (Lipinski definition) is 4. The molecule has 2 fully saturated rings. The number of carbonyl (C=O) groups is 3. The molecule has 4 unspecified atom stereocenters. The molecule has 0 radical (unpaired) electrons. The summed E-state index contributed by atoms with van der Waals surface area (Å²) in [5.41, 5.74) is 3.86. The van der Waals surface area contributed by atoms with E-state index in [0.717, 1.165) is 17.5 Å². The van der Waals surface area contributed by atoms with Crippen molar-refractivity contribution in [1.82, 2.24) is 10.6 Å². The Labute approximate surface area is 205 Å². The van der Waals surface area contributed by atoms with E-state index < -0.39 is 17.6 Å². The van der Waals surface area contributed by atoms with Gasteiger partial charge in [-0.1, -0.05) is 48.5 Å². The predicted octanol–water partition coefficient (Wildman–Crippen LogP) is 4.31. The first-order valence-corrected chi connectivity index (χ1v) is 12.4. The molecule has 3 aliphatic carbocycles. The number of carbonyl (C=O) groups excluding carboxylic acids is 2. The molecule has 2 aromatic carbocycles. The van der Waals surface area contributed by atoms with Crippen LogP contribution in [0.4, 0.5) is 4.79 Å². The highest BCUT2D eigenvalue weighted by atomic mass is 16.5. The van der Waals surface area contributed by atoms with Gasteiger partial charge in [-0.2, -0.15) is 0 Å². The van der Waals surface area contributed by atoms with Crippen molar-refractivity contribution in [2.24, 2.45) is 17.8 Å². The molecular formula is C28H32N2O5.